The first-order valence-corrected chi connectivity index (χ1v) is 8.38. The number of rotatable bonds is 5. The van der Waals surface area contributed by atoms with Crippen molar-refractivity contribution < 1.29 is 14.0 Å². The van der Waals surface area contributed by atoms with Crippen molar-refractivity contribution >= 4 is 29.1 Å². The minimum absolute atomic E-state index is 0.0965. The lowest BCUT2D eigenvalue weighted by Crippen LogP contribution is -2.20. The molecule has 28 heavy (non-hydrogen) atoms. The summed E-state index contributed by atoms with van der Waals surface area (Å²) in [5, 5.41) is 7.69. The van der Waals surface area contributed by atoms with Gasteiger partial charge in [-0.05, 0) is 42.5 Å². The summed E-state index contributed by atoms with van der Waals surface area (Å²) in [5.74, 6) is -0.443. The van der Waals surface area contributed by atoms with Crippen LogP contribution >= 0.6 is 0 Å². The van der Waals surface area contributed by atoms with Gasteiger partial charge in [0.15, 0.2) is 0 Å². The minimum Gasteiger partial charge on any atom is -0.308 e. The van der Waals surface area contributed by atoms with E-state index in [1.54, 1.807) is 54.6 Å². The van der Waals surface area contributed by atoms with Gasteiger partial charge >= 0.3 is 6.03 Å². The second-order valence-electron chi connectivity index (χ2n) is 5.74. The van der Waals surface area contributed by atoms with Crippen molar-refractivity contribution in [3.05, 3.63) is 85.2 Å². The van der Waals surface area contributed by atoms with E-state index in [0.29, 0.717) is 17.2 Å². The zero-order chi connectivity index (χ0) is 19.9. The number of carbonyl (C=O) groups is 2. The van der Waals surface area contributed by atoms with E-state index in [9.17, 15) is 14.0 Å². The summed E-state index contributed by atoms with van der Waals surface area (Å²) in [5.41, 5.74) is 2.09. The van der Waals surface area contributed by atoms with Crippen LogP contribution in [0.25, 0.3) is 11.3 Å². The highest BCUT2D eigenvalue weighted by atomic mass is 19.1. The lowest BCUT2D eigenvalue weighted by molar-refractivity contribution is -0.111. The average molecular weight is 376 g/mol. The smallest absolute Gasteiger partial charge is 0.308 e. The molecule has 7 heteroatoms. The maximum atomic E-state index is 13.6. The summed E-state index contributed by atoms with van der Waals surface area (Å²) >= 11 is 0. The van der Waals surface area contributed by atoms with E-state index in [2.05, 4.69) is 27.5 Å². The number of nitrogens with one attached hydrogen (secondary N) is 3. The van der Waals surface area contributed by atoms with Crippen LogP contribution in [0, 0.1) is 5.82 Å². The molecule has 3 rings (SSSR count). The summed E-state index contributed by atoms with van der Waals surface area (Å²) < 4.78 is 13.6. The molecule has 3 aromatic rings. The van der Waals surface area contributed by atoms with Gasteiger partial charge in [-0.1, -0.05) is 36.9 Å². The molecule has 1 heterocycles. The maximum Gasteiger partial charge on any atom is 0.323 e. The molecule has 0 atom stereocenters. The third-order valence-electron chi connectivity index (χ3n) is 3.75. The summed E-state index contributed by atoms with van der Waals surface area (Å²) in [6, 6.07) is 17.6. The molecule has 0 spiro atoms. The Hall–Kier alpha value is -4.00. The molecule has 0 fully saturated rings. The summed E-state index contributed by atoms with van der Waals surface area (Å²) in [4.78, 5) is 27.8. The highest BCUT2D eigenvalue weighted by molar-refractivity contribution is 6.00. The first kappa shape index (κ1) is 18.8. The van der Waals surface area contributed by atoms with Crippen molar-refractivity contribution in [3.63, 3.8) is 0 Å². The van der Waals surface area contributed by atoms with Gasteiger partial charge in [-0.15, -0.1) is 0 Å². The topological polar surface area (TPSA) is 83.1 Å². The number of urea groups is 1. The van der Waals surface area contributed by atoms with Crippen LogP contribution in [0.3, 0.4) is 0 Å². The zero-order valence-corrected chi connectivity index (χ0v) is 14.8. The van der Waals surface area contributed by atoms with E-state index in [1.165, 1.54) is 18.2 Å². The van der Waals surface area contributed by atoms with Gasteiger partial charge in [0.05, 0.1) is 11.4 Å². The number of nitrogens with zero attached hydrogens (tertiary/aromatic N) is 1. The van der Waals surface area contributed by atoms with Gasteiger partial charge in [0.25, 0.3) is 0 Å². The van der Waals surface area contributed by atoms with Gasteiger partial charge in [-0.2, -0.15) is 0 Å². The number of aromatic nitrogens is 1. The van der Waals surface area contributed by atoms with Crippen molar-refractivity contribution in [3.8, 4) is 11.3 Å². The summed E-state index contributed by atoms with van der Waals surface area (Å²) in [6.45, 7) is 3.40. The number of anilines is 3. The van der Waals surface area contributed by atoms with E-state index in [1.807, 2.05) is 0 Å². The molecule has 3 N–H and O–H groups in total. The van der Waals surface area contributed by atoms with Gasteiger partial charge in [-0.3, -0.25) is 4.79 Å². The monoisotopic (exact) mass is 376 g/mol. The molecule has 2 aromatic carbocycles. The normalized spacial score (nSPS) is 10.0. The van der Waals surface area contributed by atoms with Crippen LogP contribution in [-0.2, 0) is 4.79 Å². The Bertz CT molecular complexity index is 1020. The van der Waals surface area contributed by atoms with Crippen LogP contribution in [0.15, 0.2) is 79.4 Å². The second kappa shape index (κ2) is 8.59. The second-order valence-corrected chi connectivity index (χ2v) is 5.74. The predicted octanol–water partition coefficient (Wildman–Crippen LogP) is 4.66. The Kier molecular flexibility index (Phi) is 5.76. The van der Waals surface area contributed by atoms with Crippen LogP contribution in [0.4, 0.5) is 26.4 Å². The Balaban J connectivity index is 1.67. The maximum absolute atomic E-state index is 13.6. The van der Waals surface area contributed by atoms with Gasteiger partial charge in [0, 0.05) is 11.3 Å². The molecule has 140 valence electrons. The Labute approximate surface area is 161 Å². The fraction of sp³-hybridized carbons (Fsp3) is 0. The Morgan fingerprint density at radius 3 is 2.36 bits per heavy atom. The number of benzene rings is 2. The standard InChI is InChI=1S/C21H17FN4O2/c1-2-20(27)26-19-9-5-8-17(24-19)14-10-12-15(13-11-14)23-21(28)25-18-7-4-3-6-16(18)22/h2-13H,1H2,(H2,23,25,28)(H,24,26,27). The quantitative estimate of drug-likeness (QED) is 0.567. The molecule has 3 amide bonds. The molecule has 0 aliphatic rings. The van der Waals surface area contributed by atoms with Gasteiger partial charge < -0.3 is 16.0 Å². The Morgan fingerprint density at radius 1 is 0.893 bits per heavy atom. The highest BCUT2D eigenvalue weighted by Crippen LogP contribution is 2.21. The third kappa shape index (κ3) is 4.79. The van der Waals surface area contributed by atoms with Gasteiger partial charge in [0.1, 0.15) is 11.6 Å². The van der Waals surface area contributed by atoms with E-state index in [-0.39, 0.29) is 11.6 Å². The molecule has 0 bridgehead atoms. The van der Waals surface area contributed by atoms with Crippen LogP contribution in [-0.4, -0.2) is 16.9 Å². The first-order valence-electron chi connectivity index (χ1n) is 8.38. The van der Waals surface area contributed by atoms with E-state index >= 15 is 0 Å². The summed E-state index contributed by atoms with van der Waals surface area (Å²) in [6.07, 6.45) is 1.17. The fourth-order valence-corrected chi connectivity index (χ4v) is 2.41. The van der Waals surface area contributed by atoms with Crippen LogP contribution < -0.4 is 16.0 Å². The predicted molar refractivity (Wildman–Crippen MR) is 108 cm³/mol. The van der Waals surface area contributed by atoms with Crippen molar-refractivity contribution in [2.75, 3.05) is 16.0 Å². The fourth-order valence-electron chi connectivity index (χ4n) is 2.41. The molecular formula is C21H17FN4O2. The molecule has 6 nitrogen and oxygen atoms in total. The van der Waals surface area contributed by atoms with Crippen LogP contribution in [0.5, 0.6) is 0 Å². The number of amides is 3. The van der Waals surface area contributed by atoms with Crippen molar-refractivity contribution in [1.29, 1.82) is 0 Å². The summed E-state index contributed by atoms with van der Waals surface area (Å²) in [7, 11) is 0. The van der Waals surface area contributed by atoms with Crippen LogP contribution in [0.2, 0.25) is 0 Å². The molecule has 1 aromatic heterocycles. The van der Waals surface area contributed by atoms with Crippen molar-refractivity contribution in [1.82, 2.24) is 4.98 Å². The highest BCUT2D eigenvalue weighted by Gasteiger charge is 2.07. The Morgan fingerprint density at radius 2 is 1.64 bits per heavy atom. The number of hydrogen-bond donors (Lipinski definition) is 3. The van der Waals surface area contributed by atoms with Crippen molar-refractivity contribution in [2.24, 2.45) is 0 Å². The van der Waals surface area contributed by atoms with Crippen LogP contribution in [0.1, 0.15) is 0 Å². The van der Waals surface area contributed by atoms with E-state index in [4.69, 9.17) is 0 Å². The number of hydrogen-bond acceptors (Lipinski definition) is 3. The molecule has 0 aliphatic heterocycles. The lowest BCUT2D eigenvalue weighted by Gasteiger charge is -2.09. The van der Waals surface area contributed by atoms with Gasteiger partial charge in [-0.25, -0.2) is 14.2 Å². The SMILES string of the molecule is C=CC(=O)Nc1cccc(-c2ccc(NC(=O)Nc3ccccc3F)cc2)n1. The molecule has 0 radical (unpaired) electrons. The molecule has 0 unspecified atom stereocenters. The first-order chi connectivity index (χ1) is 13.5. The third-order valence-corrected chi connectivity index (χ3v) is 3.75. The molecular weight excluding hydrogens is 359 g/mol. The number of para-hydroxylation sites is 1. The average Bonchev–Trinajstić information content (AvgIpc) is 2.70. The number of halogens is 1. The largest absolute Gasteiger partial charge is 0.323 e. The molecule has 0 aliphatic carbocycles. The molecule has 0 saturated heterocycles. The number of pyridine rings is 1. The van der Waals surface area contributed by atoms with E-state index in [0.717, 1.165) is 5.56 Å². The number of carbonyl (C=O) groups excluding carboxylic acids is 2. The van der Waals surface area contributed by atoms with Gasteiger partial charge in [0.2, 0.25) is 5.91 Å². The minimum atomic E-state index is -0.551. The molecule has 0 saturated carbocycles. The van der Waals surface area contributed by atoms with Crippen molar-refractivity contribution in [2.45, 2.75) is 0 Å². The zero-order valence-electron chi connectivity index (χ0n) is 14.8. The lowest BCUT2D eigenvalue weighted by atomic mass is 10.1. The van der Waals surface area contributed by atoms with E-state index < -0.39 is 11.8 Å².